The van der Waals surface area contributed by atoms with Crippen molar-refractivity contribution in [2.75, 3.05) is 33.0 Å². The molecule has 1 aromatic carbocycles. The molecule has 0 aliphatic heterocycles. The number of carbonyl (C=O) groups excluding carboxylic acids is 1. The molecule has 1 rings (SSSR count). The minimum Gasteiger partial charge on any atom is -0.496 e. The highest BCUT2D eigenvalue weighted by Gasteiger charge is 2.20. The molecular weight excluding hydrogens is 316 g/mol. The number of benzene rings is 1. The van der Waals surface area contributed by atoms with Crippen LogP contribution in [0.25, 0.3) is 0 Å². The Labute approximate surface area is 138 Å². The summed E-state index contributed by atoms with van der Waals surface area (Å²) in [4.78, 5) is 11.9. The minimum absolute atomic E-state index is 0.155. The highest BCUT2D eigenvalue weighted by molar-refractivity contribution is 7.88. The van der Waals surface area contributed by atoms with Crippen LogP contribution in [-0.4, -0.2) is 51.6 Å². The molecule has 0 saturated heterocycles. The number of hydrogen-bond donors (Lipinski definition) is 1. The van der Waals surface area contributed by atoms with E-state index < -0.39 is 10.0 Å². The Balaban J connectivity index is 2.67. The predicted octanol–water partition coefficient (Wildman–Crippen LogP) is 1.42. The Hall–Kier alpha value is -1.60. The highest BCUT2D eigenvalue weighted by atomic mass is 32.2. The number of sulfonamides is 1. The number of rotatable bonds is 10. The number of para-hydroxylation sites is 1. The molecule has 1 N–H and O–H groups in total. The maximum Gasteiger partial charge on any atom is 0.235 e. The van der Waals surface area contributed by atoms with E-state index in [0.29, 0.717) is 18.7 Å². The number of amides is 1. The zero-order valence-corrected chi connectivity index (χ0v) is 14.9. The van der Waals surface area contributed by atoms with E-state index in [1.807, 2.05) is 31.2 Å². The van der Waals surface area contributed by atoms with Crippen LogP contribution >= 0.6 is 0 Å². The van der Waals surface area contributed by atoms with E-state index in [1.54, 1.807) is 7.11 Å². The van der Waals surface area contributed by atoms with Crippen molar-refractivity contribution in [1.82, 2.24) is 9.62 Å². The van der Waals surface area contributed by atoms with Gasteiger partial charge in [-0.05, 0) is 24.5 Å². The molecule has 0 aliphatic rings. The van der Waals surface area contributed by atoms with Gasteiger partial charge in [-0.3, -0.25) is 4.79 Å². The molecule has 23 heavy (non-hydrogen) atoms. The molecule has 0 unspecified atom stereocenters. The van der Waals surface area contributed by atoms with Crippen molar-refractivity contribution < 1.29 is 17.9 Å². The second-order valence-corrected chi connectivity index (χ2v) is 7.34. The van der Waals surface area contributed by atoms with Crippen molar-refractivity contribution in [2.45, 2.75) is 26.2 Å². The lowest BCUT2D eigenvalue weighted by Crippen LogP contribution is -2.41. The van der Waals surface area contributed by atoms with Crippen molar-refractivity contribution in [3.05, 3.63) is 29.8 Å². The van der Waals surface area contributed by atoms with Crippen LogP contribution < -0.4 is 10.1 Å². The third-order valence-corrected chi connectivity index (χ3v) is 4.71. The van der Waals surface area contributed by atoms with Crippen LogP contribution in [0.2, 0.25) is 0 Å². The first kappa shape index (κ1) is 19.4. The lowest BCUT2D eigenvalue weighted by molar-refractivity contribution is -0.121. The van der Waals surface area contributed by atoms with E-state index in [9.17, 15) is 13.2 Å². The zero-order valence-electron chi connectivity index (χ0n) is 14.0. The normalized spacial score (nSPS) is 11.5. The number of hydrogen-bond acceptors (Lipinski definition) is 4. The van der Waals surface area contributed by atoms with Gasteiger partial charge in [-0.2, -0.15) is 4.31 Å². The van der Waals surface area contributed by atoms with Gasteiger partial charge in [-0.25, -0.2) is 8.42 Å². The molecule has 0 bridgehead atoms. The fourth-order valence-corrected chi connectivity index (χ4v) is 2.91. The molecule has 130 valence electrons. The Morgan fingerprint density at radius 1 is 1.30 bits per heavy atom. The Kier molecular flexibility index (Phi) is 8.05. The van der Waals surface area contributed by atoms with Crippen molar-refractivity contribution >= 4 is 15.9 Å². The van der Waals surface area contributed by atoms with Gasteiger partial charge >= 0.3 is 0 Å². The van der Waals surface area contributed by atoms with Crippen LogP contribution in [0.3, 0.4) is 0 Å². The second-order valence-electron chi connectivity index (χ2n) is 5.36. The fraction of sp³-hybridized carbons (Fsp3) is 0.562. The topological polar surface area (TPSA) is 75.7 Å². The monoisotopic (exact) mass is 342 g/mol. The first-order valence-electron chi connectivity index (χ1n) is 7.72. The second kappa shape index (κ2) is 9.52. The largest absolute Gasteiger partial charge is 0.496 e. The van der Waals surface area contributed by atoms with Gasteiger partial charge in [0, 0.05) is 13.1 Å². The van der Waals surface area contributed by atoms with Crippen LogP contribution in [0, 0.1) is 0 Å². The van der Waals surface area contributed by atoms with Crippen LogP contribution in [0.4, 0.5) is 0 Å². The van der Waals surface area contributed by atoms with Crippen LogP contribution in [0.1, 0.15) is 25.3 Å². The summed E-state index contributed by atoms with van der Waals surface area (Å²) in [5.41, 5.74) is 0.912. The van der Waals surface area contributed by atoms with Gasteiger partial charge < -0.3 is 10.1 Å². The lowest BCUT2D eigenvalue weighted by atomic mass is 10.1. The number of unbranched alkanes of at least 4 members (excludes halogenated alkanes) is 1. The van der Waals surface area contributed by atoms with E-state index in [-0.39, 0.29) is 19.0 Å². The molecule has 1 amide bonds. The summed E-state index contributed by atoms with van der Waals surface area (Å²) in [5.74, 6) is 0.442. The summed E-state index contributed by atoms with van der Waals surface area (Å²) in [7, 11) is -1.87. The van der Waals surface area contributed by atoms with Gasteiger partial charge in [0.25, 0.3) is 0 Å². The molecular formula is C16H26N2O4S. The molecule has 1 aromatic rings. The Morgan fingerprint density at radius 2 is 2.00 bits per heavy atom. The standard InChI is InChI=1S/C16H26N2O4S/c1-4-5-11-17-16(19)13-18(23(3,20)21)12-10-14-8-6-7-9-15(14)22-2/h6-9H,4-5,10-13H2,1-3H3,(H,17,19). The van der Waals surface area contributed by atoms with Gasteiger partial charge in [0.2, 0.25) is 15.9 Å². The molecule has 0 radical (unpaired) electrons. The highest BCUT2D eigenvalue weighted by Crippen LogP contribution is 2.18. The minimum atomic E-state index is -3.45. The van der Waals surface area contributed by atoms with Crippen molar-refractivity contribution in [2.24, 2.45) is 0 Å². The molecule has 7 heteroatoms. The lowest BCUT2D eigenvalue weighted by Gasteiger charge is -2.20. The summed E-state index contributed by atoms with van der Waals surface area (Å²) in [6.45, 7) is 2.68. The van der Waals surface area contributed by atoms with Crippen LogP contribution in [0.15, 0.2) is 24.3 Å². The van der Waals surface area contributed by atoms with Crippen molar-refractivity contribution in [3.63, 3.8) is 0 Å². The van der Waals surface area contributed by atoms with Gasteiger partial charge in [0.05, 0.1) is 19.9 Å². The Morgan fingerprint density at radius 3 is 2.61 bits per heavy atom. The summed E-state index contributed by atoms with van der Waals surface area (Å²) < 4.78 is 30.2. The number of carbonyl (C=O) groups is 1. The Bertz CT molecular complexity index is 602. The van der Waals surface area contributed by atoms with E-state index in [2.05, 4.69) is 5.32 Å². The zero-order chi connectivity index (χ0) is 17.3. The first-order valence-corrected chi connectivity index (χ1v) is 9.57. The van der Waals surface area contributed by atoms with Gasteiger partial charge in [-0.1, -0.05) is 31.5 Å². The predicted molar refractivity (Wildman–Crippen MR) is 91.0 cm³/mol. The van der Waals surface area contributed by atoms with Gasteiger partial charge in [0.1, 0.15) is 5.75 Å². The number of methoxy groups -OCH3 is 1. The molecule has 0 heterocycles. The van der Waals surface area contributed by atoms with Crippen molar-refractivity contribution in [1.29, 1.82) is 0 Å². The van der Waals surface area contributed by atoms with E-state index in [4.69, 9.17) is 4.74 Å². The van der Waals surface area contributed by atoms with Crippen LogP contribution in [-0.2, 0) is 21.2 Å². The smallest absolute Gasteiger partial charge is 0.235 e. The molecule has 0 saturated carbocycles. The van der Waals surface area contributed by atoms with E-state index in [0.717, 1.165) is 24.7 Å². The number of ether oxygens (including phenoxy) is 1. The molecule has 0 atom stereocenters. The summed E-state index contributed by atoms with van der Waals surface area (Å²) in [6.07, 6.45) is 3.46. The number of nitrogens with zero attached hydrogens (tertiary/aromatic N) is 1. The van der Waals surface area contributed by atoms with Crippen molar-refractivity contribution in [3.8, 4) is 5.75 Å². The fourth-order valence-electron chi connectivity index (χ4n) is 2.14. The number of nitrogens with one attached hydrogen (secondary N) is 1. The average Bonchev–Trinajstić information content (AvgIpc) is 2.50. The summed E-state index contributed by atoms with van der Waals surface area (Å²) in [5, 5.41) is 2.74. The summed E-state index contributed by atoms with van der Waals surface area (Å²) in [6, 6.07) is 7.45. The maximum atomic E-state index is 11.9. The van der Waals surface area contributed by atoms with Crippen LogP contribution in [0.5, 0.6) is 5.75 Å². The molecule has 0 aromatic heterocycles. The van der Waals surface area contributed by atoms with E-state index >= 15 is 0 Å². The third-order valence-electron chi connectivity index (χ3n) is 3.46. The maximum absolute atomic E-state index is 11.9. The quantitative estimate of drug-likeness (QED) is 0.653. The molecule has 0 fully saturated rings. The van der Waals surface area contributed by atoms with E-state index in [1.165, 1.54) is 4.31 Å². The molecule has 6 nitrogen and oxygen atoms in total. The average molecular weight is 342 g/mol. The van der Waals surface area contributed by atoms with Gasteiger partial charge in [0.15, 0.2) is 0 Å². The summed E-state index contributed by atoms with van der Waals surface area (Å²) >= 11 is 0. The SMILES string of the molecule is CCCCNC(=O)CN(CCc1ccccc1OC)S(C)(=O)=O. The molecule has 0 aliphatic carbocycles. The van der Waals surface area contributed by atoms with Gasteiger partial charge in [-0.15, -0.1) is 0 Å². The third kappa shape index (κ3) is 7.00. The molecule has 0 spiro atoms. The first-order chi connectivity index (χ1) is 10.9.